The van der Waals surface area contributed by atoms with E-state index >= 15 is 0 Å². The molecule has 0 radical (unpaired) electrons. The monoisotopic (exact) mass is 270 g/mol. The molecular formula is C11H18N4O2S. The zero-order valence-electron chi connectivity index (χ0n) is 10.3. The molecule has 1 unspecified atom stereocenters. The van der Waals surface area contributed by atoms with Crippen LogP contribution >= 0.6 is 0 Å². The average Bonchev–Trinajstić information content (AvgIpc) is 3.12. The van der Waals surface area contributed by atoms with E-state index in [4.69, 9.17) is 5.73 Å². The lowest BCUT2D eigenvalue weighted by Crippen LogP contribution is -2.34. The number of hydrogen-bond donors (Lipinski definition) is 2. The quantitative estimate of drug-likeness (QED) is 0.800. The molecule has 0 saturated heterocycles. The van der Waals surface area contributed by atoms with E-state index in [0.29, 0.717) is 5.92 Å². The Balaban J connectivity index is 2.07. The van der Waals surface area contributed by atoms with Gasteiger partial charge in [0.05, 0.1) is 12.4 Å². The lowest BCUT2D eigenvalue weighted by Gasteiger charge is -2.16. The summed E-state index contributed by atoms with van der Waals surface area (Å²) in [5, 5.41) is 0. The molecule has 1 heterocycles. The Kier molecular flexibility index (Phi) is 3.82. The molecule has 0 bridgehead atoms. The maximum atomic E-state index is 12.1. The smallest absolute Gasteiger partial charge is 0.243 e. The van der Waals surface area contributed by atoms with Crippen LogP contribution in [-0.2, 0) is 10.0 Å². The van der Waals surface area contributed by atoms with Gasteiger partial charge < -0.3 is 5.73 Å². The first-order valence-corrected chi connectivity index (χ1v) is 7.59. The number of nitrogens with two attached hydrogens (primary N) is 1. The first-order valence-electron chi connectivity index (χ1n) is 6.11. The summed E-state index contributed by atoms with van der Waals surface area (Å²) in [5.41, 5.74) is 5.33. The van der Waals surface area contributed by atoms with Gasteiger partial charge in [-0.1, -0.05) is 19.8 Å². The van der Waals surface area contributed by atoms with E-state index in [-0.39, 0.29) is 16.9 Å². The summed E-state index contributed by atoms with van der Waals surface area (Å²) in [4.78, 5) is 7.46. The molecule has 0 aromatic carbocycles. The van der Waals surface area contributed by atoms with E-state index in [1.54, 1.807) is 0 Å². The van der Waals surface area contributed by atoms with Crippen LogP contribution in [-0.4, -0.2) is 24.4 Å². The highest BCUT2D eigenvalue weighted by Gasteiger charge is 2.27. The second kappa shape index (κ2) is 5.19. The van der Waals surface area contributed by atoms with Crippen molar-refractivity contribution in [2.75, 3.05) is 5.73 Å². The Morgan fingerprint density at radius 3 is 2.56 bits per heavy atom. The van der Waals surface area contributed by atoms with Gasteiger partial charge >= 0.3 is 0 Å². The van der Waals surface area contributed by atoms with E-state index in [1.165, 1.54) is 25.2 Å². The van der Waals surface area contributed by atoms with Crippen molar-refractivity contribution >= 4 is 16.0 Å². The van der Waals surface area contributed by atoms with Gasteiger partial charge in [0.15, 0.2) is 0 Å². The Morgan fingerprint density at radius 2 is 2.06 bits per heavy atom. The molecule has 1 saturated carbocycles. The topological polar surface area (TPSA) is 98.0 Å². The van der Waals surface area contributed by atoms with Gasteiger partial charge in [-0.05, 0) is 18.8 Å². The van der Waals surface area contributed by atoms with Crippen LogP contribution in [0, 0.1) is 5.92 Å². The Labute approximate surface area is 107 Å². The molecular weight excluding hydrogens is 252 g/mol. The maximum Gasteiger partial charge on any atom is 0.243 e. The van der Waals surface area contributed by atoms with E-state index in [9.17, 15) is 8.42 Å². The Morgan fingerprint density at radius 1 is 1.44 bits per heavy atom. The third-order valence-electron chi connectivity index (χ3n) is 3.09. The van der Waals surface area contributed by atoms with Crippen molar-refractivity contribution in [1.29, 1.82) is 0 Å². The number of aromatic nitrogens is 2. The van der Waals surface area contributed by atoms with E-state index in [2.05, 4.69) is 14.7 Å². The summed E-state index contributed by atoms with van der Waals surface area (Å²) in [5.74, 6) is 0.749. The van der Waals surface area contributed by atoms with Crippen LogP contribution in [0.5, 0.6) is 0 Å². The third kappa shape index (κ3) is 3.39. The highest BCUT2D eigenvalue weighted by Crippen LogP contribution is 2.34. The molecule has 2 rings (SSSR count). The fourth-order valence-electron chi connectivity index (χ4n) is 1.81. The number of nitrogens with zero attached hydrogens (tertiary/aromatic N) is 2. The van der Waals surface area contributed by atoms with Crippen LogP contribution in [0.4, 0.5) is 5.95 Å². The highest BCUT2D eigenvalue weighted by molar-refractivity contribution is 7.89. The summed E-state index contributed by atoms with van der Waals surface area (Å²) in [7, 11) is -3.54. The van der Waals surface area contributed by atoms with Crippen molar-refractivity contribution < 1.29 is 8.42 Å². The number of nitrogen functional groups attached to an aromatic ring is 1. The van der Waals surface area contributed by atoms with E-state index < -0.39 is 10.0 Å². The summed E-state index contributed by atoms with van der Waals surface area (Å²) in [6.07, 6.45) is 6.58. The van der Waals surface area contributed by atoms with Gasteiger partial charge in [-0.3, -0.25) is 0 Å². The van der Waals surface area contributed by atoms with Crippen molar-refractivity contribution in [3.8, 4) is 0 Å². The molecule has 0 amide bonds. The molecule has 1 aliphatic rings. The fourth-order valence-corrected chi connectivity index (χ4v) is 3.03. The largest absolute Gasteiger partial charge is 0.368 e. The predicted octanol–water partition coefficient (Wildman–Crippen LogP) is 0.916. The summed E-state index contributed by atoms with van der Waals surface area (Å²) < 4.78 is 26.9. The van der Waals surface area contributed by atoms with Gasteiger partial charge in [0.2, 0.25) is 16.0 Å². The second-order valence-electron chi connectivity index (χ2n) is 4.68. The number of rotatable bonds is 6. The van der Waals surface area contributed by atoms with Gasteiger partial charge in [0.25, 0.3) is 0 Å². The minimum Gasteiger partial charge on any atom is -0.368 e. The minimum atomic E-state index is -3.54. The zero-order valence-corrected chi connectivity index (χ0v) is 11.2. The Bertz CT molecular complexity index is 496. The molecule has 1 aliphatic carbocycles. The molecule has 100 valence electrons. The molecule has 1 fully saturated rings. The third-order valence-corrected chi connectivity index (χ3v) is 4.56. The van der Waals surface area contributed by atoms with Crippen LogP contribution < -0.4 is 10.5 Å². The fraction of sp³-hybridized carbons (Fsp3) is 0.636. The summed E-state index contributed by atoms with van der Waals surface area (Å²) in [6.45, 7) is 1.98. The van der Waals surface area contributed by atoms with Gasteiger partial charge in [-0.15, -0.1) is 0 Å². The molecule has 18 heavy (non-hydrogen) atoms. The van der Waals surface area contributed by atoms with Crippen LogP contribution in [0.2, 0.25) is 0 Å². The molecule has 0 aliphatic heterocycles. The van der Waals surface area contributed by atoms with Crippen molar-refractivity contribution in [3.05, 3.63) is 12.4 Å². The maximum absolute atomic E-state index is 12.1. The van der Waals surface area contributed by atoms with Crippen LogP contribution in [0.25, 0.3) is 0 Å². The normalized spacial score (nSPS) is 17.6. The molecule has 6 nitrogen and oxygen atoms in total. The molecule has 1 aromatic heterocycles. The summed E-state index contributed by atoms with van der Waals surface area (Å²) >= 11 is 0. The lowest BCUT2D eigenvalue weighted by molar-refractivity contribution is 0.495. The van der Waals surface area contributed by atoms with Crippen LogP contribution in [0.1, 0.15) is 32.6 Å². The van der Waals surface area contributed by atoms with E-state index in [1.807, 2.05) is 6.92 Å². The molecule has 7 heteroatoms. The molecule has 1 aromatic rings. The number of anilines is 1. The van der Waals surface area contributed by atoms with Crippen molar-refractivity contribution in [2.45, 2.75) is 43.5 Å². The standard InChI is InChI=1S/C11H18N4O2S/c1-2-9(5-8-3-4-8)15-18(16,17)10-6-13-11(12)14-7-10/h6-9,15H,2-5H2,1H3,(H2,12,13,14). The van der Waals surface area contributed by atoms with Gasteiger partial charge in [0, 0.05) is 6.04 Å². The minimum absolute atomic E-state index is 0.0138. The highest BCUT2D eigenvalue weighted by atomic mass is 32.2. The predicted molar refractivity (Wildman–Crippen MR) is 68.2 cm³/mol. The zero-order chi connectivity index (χ0) is 13.2. The van der Waals surface area contributed by atoms with Gasteiger partial charge in [-0.2, -0.15) is 0 Å². The molecule has 3 N–H and O–H groups in total. The van der Waals surface area contributed by atoms with Crippen LogP contribution in [0.3, 0.4) is 0 Å². The number of nitrogens with one attached hydrogen (secondary N) is 1. The average molecular weight is 270 g/mol. The Hall–Kier alpha value is -1.21. The summed E-state index contributed by atoms with van der Waals surface area (Å²) in [6, 6.07) is -0.0138. The number of sulfonamides is 1. The lowest BCUT2D eigenvalue weighted by atomic mass is 10.1. The molecule has 1 atom stereocenters. The number of hydrogen-bond acceptors (Lipinski definition) is 5. The second-order valence-corrected chi connectivity index (χ2v) is 6.40. The van der Waals surface area contributed by atoms with Gasteiger partial charge in [-0.25, -0.2) is 23.1 Å². The first kappa shape index (κ1) is 13.2. The van der Waals surface area contributed by atoms with Gasteiger partial charge in [0.1, 0.15) is 4.90 Å². The first-order chi connectivity index (χ1) is 8.51. The molecule has 0 spiro atoms. The van der Waals surface area contributed by atoms with Crippen molar-refractivity contribution in [3.63, 3.8) is 0 Å². The van der Waals surface area contributed by atoms with Crippen molar-refractivity contribution in [2.24, 2.45) is 5.92 Å². The van der Waals surface area contributed by atoms with E-state index in [0.717, 1.165) is 12.8 Å². The SMILES string of the molecule is CCC(CC1CC1)NS(=O)(=O)c1cnc(N)nc1. The van der Waals surface area contributed by atoms with Crippen molar-refractivity contribution in [1.82, 2.24) is 14.7 Å². The van der Waals surface area contributed by atoms with Crippen LogP contribution in [0.15, 0.2) is 17.3 Å².